The monoisotopic (exact) mass is 346 g/mol. The number of sulfonamides is 1. The molecule has 2 aromatic rings. The number of thiazole rings is 1. The molecule has 0 atom stereocenters. The van der Waals surface area contributed by atoms with Crippen molar-refractivity contribution in [2.45, 2.75) is 18.4 Å². The van der Waals surface area contributed by atoms with E-state index in [-0.39, 0.29) is 22.0 Å². The van der Waals surface area contributed by atoms with E-state index in [1.165, 1.54) is 17.4 Å². The Labute approximate surface area is 130 Å². The number of aromatic carboxylic acids is 1. The maximum atomic E-state index is 12.1. The number of nitrogens with one attached hydrogen (secondary N) is 1. The molecule has 0 fully saturated rings. The fourth-order valence-corrected chi connectivity index (χ4v) is 3.54. The fourth-order valence-electron chi connectivity index (χ4n) is 1.58. The molecule has 0 radical (unpaired) electrons. The van der Waals surface area contributed by atoms with Crippen LogP contribution in [0.15, 0.2) is 28.5 Å². The van der Waals surface area contributed by atoms with Crippen LogP contribution in [-0.4, -0.2) is 24.5 Å². The second-order valence-electron chi connectivity index (χ2n) is 4.13. The van der Waals surface area contributed by atoms with E-state index in [4.69, 9.17) is 16.7 Å². The lowest BCUT2D eigenvalue weighted by Crippen LogP contribution is -2.23. The molecule has 112 valence electrons. The van der Waals surface area contributed by atoms with Gasteiger partial charge in [-0.25, -0.2) is 22.9 Å². The Hall–Kier alpha value is -1.48. The lowest BCUT2D eigenvalue weighted by atomic mass is 10.2. The van der Waals surface area contributed by atoms with Gasteiger partial charge >= 0.3 is 5.97 Å². The van der Waals surface area contributed by atoms with E-state index in [0.717, 1.165) is 17.1 Å². The van der Waals surface area contributed by atoms with E-state index < -0.39 is 16.0 Å². The maximum absolute atomic E-state index is 12.1. The summed E-state index contributed by atoms with van der Waals surface area (Å²) in [6.07, 6.45) is 0. The molecule has 0 spiro atoms. The summed E-state index contributed by atoms with van der Waals surface area (Å²) in [6, 6.07) is 3.47. The molecule has 0 saturated heterocycles. The van der Waals surface area contributed by atoms with Crippen LogP contribution in [0.5, 0.6) is 0 Å². The quantitative estimate of drug-likeness (QED) is 0.865. The number of carboxylic acid groups (broad SMARTS) is 1. The summed E-state index contributed by atoms with van der Waals surface area (Å²) >= 11 is 7.19. The fraction of sp³-hybridized carbons (Fsp3) is 0.167. The molecular weight excluding hydrogens is 336 g/mol. The van der Waals surface area contributed by atoms with E-state index in [0.29, 0.717) is 5.69 Å². The highest BCUT2D eigenvalue weighted by Crippen LogP contribution is 2.21. The van der Waals surface area contributed by atoms with Crippen LogP contribution in [0.25, 0.3) is 0 Å². The van der Waals surface area contributed by atoms with E-state index in [1.54, 1.807) is 5.38 Å². The molecular formula is C12H11ClN2O4S2. The zero-order chi connectivity index (χ0) is 15.6. The van der Waals surface area contributed by atoms with Gasteiger partial charge in [0.05, 0.1) is 32.7 Å². The van der Waals surface area contributed by atoms with E-state index in [1.807, 2.05) is 6.92 Å². The van der Waals surface area contributed by atoms with Gasteiger partial charge in [-0.15, -0.1) is 11.3 Å². The molecule has 1 aromatic carbocycles. The summed E-state index contributed by atoms with van der Waals surface area (Å²) in [5, 5.41) is 11.3. The molecule has 6 nitrogen and oxygen atoms in total. The summed E-state index contributed by atoms with van der Waals surface area (Å²) in [7, 11) is -3.78. The molecule has 9 heteroatoms. The molecule has 0 amide bonds. The van der Waals surface area contributed by atoms with Gasteiger partial charge < -0.3 is 5.11 Å². The lowest BCUT2D eigenvalue weighted by Gasteiger charge is -2.07. The lowest BCUT2D eigenvalue weighted by molar-refractivity contribution is 0.0697. The van der Waals surface area contributed by atoms with Crippen molar-refractivity contribution in [3.8, 4) is 0 Å². The smallest absolute Gasteiger partial charge is 0.337 e. The Bertz CT molecular complexity index is 786. The molecule has 0 aliphatic heterocycles. The van der Waals surface area contributed by atoms with Gasteiger partial charge in [0, 0.05) is 5.38 Å². The second kappa shape index (κ2) is 6.10. The van der Waals surface area contributed by atoms with Crippen LogP contribution >= 0.6 is 22.9 Å². The number of benzene rings is 1. The highest BCUT2D eigenvalue weighted by atomic mass is 35.5. The molecule has 1 aromatic heterocycles. The highest BCUT2D eigenvalue weighted by Gasteiger charge is 2.18. The predicted octanol–water partition coefficient (Wildman–Crippen LogP) is 2.28. The van der Waals surface area contributed by atoms with Gasteiger partial charge in [-0.05, 0) is 25.1 Å². The predicted molar refractivity (Wildman–Crippen MR) is 79.3 cm³/mol. The first-order chi connectivity index (χ1) is 9.79. The van der Waals surface area contributed by atoms with Crippen molar-refractivity contribution in [3.05, 3.63) is 44.9 Å². The number of hydrogen-bond acceptors (Lipinski definition) is 5. The van der Waals surface area contributed by atoms with Crippen molar-refractivity contribution >= 4 is 38.9 Å². The number of halogens is 1. The third kappa shape index (κ3) is 3.79. The Kier molecular flexibility index (Phi) is 4.62. The van der Waals surface area contributed by atoms with E-state index in [2.05, 4.69) is 9.71 Å². The average molecular weight is 347 g/mol. The Morgan fingerprint density at radius 2 is 2.19 bits per heavy atom. The summed E-state index contributed by atoms with van der Waals surface area (Å²) in [5.74, 6) is -1.21. The molecule has 2 rings (SSSR count). The van der Waals surface area contributed by atoms with Crippen LogP contribution in [0.3, 0.4) is 0 Å². The summed E-state index contributed by atoms with van der Waals surface area (Å²) < 4.78 is 26.6. The third-order valence-corrected chi connectivity index (χ3v) is 5.13. The van der Waals surface area contributed by atoms with Crippen LogP contribution in [0, 0.1) is 6.92 Å². The minimum Gasteiger partial charge on any atom is -0.478 e. The minimum absolute atomic E-state index is 0.0605. The first kappa shape index (κ1) is 15.9. The highest BCUT2D eigenvalue weighted by molar-refractivity contribution is 7.89. The molecule has 2 N–H and O–H groups in total. The zero-order valence-electron chi connectivity index (χ0n) is 10.8. The largest absolute Gasteiger partial charge is 0.478 e. The average Bonchev–Trinajstić information content (AvgIpc) is 2.82. The summed E-state index contributed by atoms with van der Waals surface area (Å²) in [4.78, 5) is 14.9. The first-order valence-corrected chi connectivity index (χ1v) is 8.47. The maximum Gasteiger partial charge on any atom is 0.337 e. The standard InChI is InChI=1S/C12H11ClN2O4S2/c1-7-15-8(6-20-7)5-14-21(18,19)9-2-3-10(12(16)17)11(13)4-9/h2-4,6,14H,5H2,1H3,(H,16,17). The molecule has 0 bridgehead atoms. The number of rotatable bonds is 5. The van der Waals surface area contributed by atoms with Crippen molar-refractivity contribution < 1.29 is 18.3 Å². The zero-order valence-corrected chi connectivity index (χ0v) is 13.2. The van der Waals surface area contributed by atoms with Crippen LogP contribution in [0.4, 0.5) is 0 Å². The number of carboxylic acids is 1. The first-order valence-electron chi connectivity index (χ1n) is 5.73. The summed E-state index contributed by atoms with van der Waals surface area (Å²) in [6.45, 7) is 1.89. The summed E-state index contributed by atoms with van der Waals surface area (Å²) in [5.41, 5.74) is 0.472. The number of carbonyl (C=O) groups is 1. The minimum atomic E-state index is -3.78. The van der Waals surface area contributed by atoms with Crippen molar-refractivity contribution in [1.29, 1.82) is 0 Å². The number of hydrogen-bond donors (Lipinski definition) is 2. The van der Waals surface area contributed by atoms with E-state index in [9.17, 15) is 13.2 Å². The van der Waals surface area contributed by atoms with Crippen LogP contribution in [0.1, 0.15) is 21.1 Å². The number of aryl methyl sites for hydroxylation is 1. The second-order valence-corrected chi connectivity index (χ2v) is 7.37. The molecule has 1 heterocycles. The van der Waals surface area contributed by atoms with Crippen molar-refractivity contribution in [3.63, 3.8) is 0 Å². The molecule has 0 aliphatic rings. The van der Waals surface area contributed by atoms with Crippen LogP contribution in [-0.2, 0) is 16.6 Å². The van der Waals surface area contributed by atoms with Crippen molar-refractivity contribution in [2.24, 2.45) is 0 Å². The van der Waals surface area contributed by atoms with Gasteiger partial charge in [0.25, 0.3) is 0 Å². The van der Waals surface area contributed by atoms with Crippen molar-refractivity contribution in [2.75, 3.05) is 0 Å². The molecule has 0 unspecified atom stereocenters. The van der Waals surface area contributed by atoms with Gasteiger partial charge in [-0.3, -0.25) is 0 Å². The van der Waals surface area contributed by atoms with Gasteiger partial charge in [-0.2, -0.15) is 0 Å². The Morgan fingerprint density at radius 3 is 2.71 bits per heavy atom. The third-order valence-electron chi connectivity index (χ3n) is 2.59. The van der Waals surface area contributed by atoms with Crippen LogP contribution < -0.4 is 4.72 Å². The molecule has 21 heavy (non-hydrogen) atoms. The van der Waals surface area contributed by atoms with Gasteiger partial charge in [0.15, 0.2) is 0 Å². The Balaban J connectivity index is 2.19. The Morgan fingerprint density at radius 1 is 1.48 bits per heavy atom. The van der Waals surface area contributed by atoms with Crippen LogP contribution in [0.2, 0.25) is 5.02 Å². The SMILES string of the molecule is Cc1nc(CNS(=O)(=O)c2ccc(C(=O)O)c(Cl)c2)cs1. The van der Waals surface area contributed by atoms with Crippen molar-refractivity contribution in [1.82, 2.24) is 9.71 Å². The normalized spacial score (nSPS) is 11.5. The van der Waals surface area contributed by atoms with Gasteiger partial charge in [0.2, 0.25) is 10.0 Å². The molecule has 0 saturated carbocycles. The number of nitrogens with zero attached hydrogens (tertiary/aromatic N) is 1. The van der Waals surface area contributed by atoms with Gasteiger partial charge in [0.1, 0.15) is 0 Å². The topological polar surface area (TPSA) is 96.4 Å². The molecule has 0 aliphatic carbocycles. The van der Waals surface area contributed by atoms with E-state index >= 15 is 0 Å². The van der Waals surface area contributed by atoms with Gasteiger partial charge in [-0.1, -0.05) is 11.6 Å². The number of aromatic nitrogens is 1.